The number of rotatable bonds is 3. The summed E-state index contributed by atoms with van der Waals surface area (Å²) in [5.74, 6) is 1.06. The van der Waals surface area contributed by atoms with E-state index in [4.69, 9.17) is 11.2 Å². The van der Waals surface area contributed by atoms with Gasteiger partial charge < -0.3 is 20.1 Å². The number of aliphatic hydroxyl groups is 3. The molecule has 1 fully saturated rings. The number of ether oxygens (including phenoxy) is 1. The summed E-state index contributed by atoms with van der Waals surface area (Å²) in [6.45, 7) is 0.834. The normalized spacial score (nSPS) is 33.6. The molecule has 1 saturated heterocycles. The van der Waals surface area contributed by atoms with Gasteiger partial charge in [-0.15, -0.1) is 6.42 Å². The number of aliphatic hydroxyl groups excluding tert-OH is 2. The van der Waals surface area contributed by atoms with Crippen LogP contribution in [0.15, 0.2) is 15.8 Å². The predicted octanol–water partition coefficient (Wildman–Crippen LogP) is -2.82. The van der Waals surface area contributed by atoms with E-state index in [-0.39, 0.29) is 0 Å². The number of hydrogen-bond acceptors (Lipinski definition) is 7. The van der Waals surface area contributed by atoms with Crippen LogP contribution < -0.4 is 11.2 Å². The highest BCUT2D eigenvalue weighted by Crippen LogP contribution is 2.42. The van der Waals surface area contributed by atoms with Crippen molar-refractivity contribution < 1.29 is 20.1 Å². The number of H-pyrrole nitrogens is 1. The van der Waals surface area contributed by atoms with Crippen LogP contribution in [-0.2, 0) is 4.74 Å². The van der Waals surface area contributed by atoms with Crippen molar-refractivity contribution in [2.45, 2.75) is 31.0 Å². The first-order chi connectivity index (χ1) is 9.85. The van der Waals surface area contributed by atoms with Gasteiger partial charge in [-0.1, -0.05) is 5.92 Å². The van der Waals surface area contributed by atoms with E-state index in [0.29, 0.717) is 4.68 Å². The molecule has 0 aliphatic carbocycles. The van der Waals surface area contributed by atoms with Gasteiger partial charge in [-0.05, 0) is 6.92 Å². The molecule has 2 heterocycles. The smallest absolute Gasteiger partial charge is 0.347 e. The molecular formula is C12H15N3O6. The molecule has 9 heteroatoms. The SMILES string of the molecule is C#CC1(O)C(CO)[C@@H]([C@H](C)O)O[C@H]1n1ncc(=O)[nH]c1=O. The topological polar surface area (TPSA) is 138 Å². The molecule has 9 nitrogen and oxygen atoms in total. The fraction of sp³-hybridized carbons (Fsp3) is 0.583. The van der Waals surface area contributed by atoms with Crippen molar-refractivity contribution in [3.05, 3.63) is 27.0 Å². The summed E-state index contributed by atoms with van der Waals surface area (Å²) in [5.41, 5.74) is -3.71. The number of hydrogen-bond donors (Lipinski definition) is 4. The van der Waals surface area contributed by atoms with Gasteiger partial charge in [0, 0.05) is 0 Å². The number of aromatic nitrogens is 3. The van der Waals surface area contributed by atoms with E-state index in [2.05, 4.69) is 11.0 Å². The lowest BCUT2D eigenvalue weighted by Crippen LogP contribution is -2.47. The van der Waals surface area contributed by atoms with E-state index in [1.807, 2.05) is 4.98 Å². The van der Waals surface area contributed by atoms with Gasteiger partial charge in [0.1, 0.15) is 6.20 Å². The van der Waals surface area contributed by atoms with Crippen LogP contribution in [0.3, 0.4) is 0 Å². The molecule has 2 unspecified atom stereocenters. The van der Waals surface area contributed by atoms with E-state index in [0.717, 1.165) is 6.20 Å². The summed E-state index contributed by atoms with van der Waals surface area (Å²) in [6, 6.07) is 0. The third kappa shape index (κ3) is 2.38. The lowest BCUT2D eigenvalue weighted by molar-refractivity contribution is -0.0946. The summed E-state index contributed by atoms with van der Waals surface area (Å²) in [6.07, 6.45) is 2.65. The van der Waals surface area contributed by atoms with Crippen LogP contribution in [0.2, 0.25) is 0 Å². The Morgan fingerprint density at radius 3 is 2.81 bits per heavy atom. The Morgan fingerprint density at radius 2 is 2.33 bits per heavy atom. The Bertz CT molecular complexity index is 675. The standard InChI is InChI=1S/C12H15N3O6/c1-3-12(20)7(5-16)9(6(2)17)21-10(12)15-11(19)14-8(18)4-13-15/h1,4,6-7,9-10,16-17,20H,5H2,2H3,(H,14,18,19)/t6-,7?,9+,10+,12?/m0/s1. The molecule has 0 aromatic carbocycles. The minimum Gasteiger partial charge on any atom is -0.396 e. The first kappa shape index (κ1) is 15.4. The second-order valence-corrected chi connectivity index (χ2v) is 4.84. The highest BCUT2D eigenvalue weighted by Gasteiger charge is 2.57. The Kier molecular flexibility index (Phi) is 3.97. The maximum absolute atomic E-state index is 11.8. The van der Waals surface area contributed by atoms with Crippen LogP contribution in [0.5, 0.6) is 0 Å². The zero-order valence-electron chi connectivity index (χ0n) is 11.1. The summed E-state index contributed by atoms with van der Waals surface area (Å²) in [5, 5.41) is 33.2. The zero-order chi connectivity index (χ0) is 15.8. The second-order valence-electron chi connectivity index (χ2n) is 4.84. The molecular weight excluding hydrogens is 282 g/mol. The molecule has 1 aromatic heterocycles. The average Bonchev–Trinajstić information content (AvgIpc) is 2.72. The van der Waals surface area contributed by atoms with Crippen molar-refractivity contribution >= 4 is 0 Å². The minimum absolute atomic E-state index is 0.565. The van der Waals surface area contributed by atoms with Crippen molar-refractivity contribution in [3.63, 3.8) is 0 Å². The number of nitrogens with zero attached hydrogens (tertiary/aromatic N) is 2. The molecule has 0 saturated carbocycles. The van der Waals surface area contributed by atoms with Gasteiger partial charge in [-0.2, -0.15) is 9.78 Å². The molecule has 5 atom stereocenters. The molecule has 0 spiro atoms. The molecule has 0 radical (unpaired) electrons. The van der Waals surface area contributed by atoms with Crippen molar-refractivity contribution in [3.8, 4) is 12.3 Å². The Labute approximate surface area is 118 Å². The number of terminal acetylenes is 1. The largest absolute Gasteiger partial charge is 0.396 e. The van der Waals surface area contributed by atoms with Crippen LogP contribution in [0.25, 0.3) is 0 Å². The fourth-order valence-corrected chi connectivity index (χ4v) is 2.43. The van der Waals surface area contributed by atoms with Crippen LogP contribution >= 0.6 is 0 Å². The van der Waals surface area contributed by atoms with Gasteiger partial charge in [0.15, 0.2) is 11.8 Å². The Morgan fingerprint density at radius 1 is 1.67 bits per heavy atom. The van der Waals surface area contributed by atoms with Crippen LogP contribution in [-0.4, -0.2) is 54.5 Å². The Balaban J connectivity index is 2.55. The van der Waals surface area contributed by atoms with Gasteiger partial charge in [0.2, 0.25) is 0 Å². The third-order valence-corrected chi connectivity index (χ3v) is 3.49. The van der Waals surface area contributed by atoms with E-state index >= 15 is 0 Å². The summed E-state index contributed by atoms with van der Waals surface area (Å²) in [7, 11) is 0. The molecule has 0 bridgehead atoms. The monoisotopic (exact) mass is 297 g/mol. The van der Waals surface area contributed by atoms with Crippen molar-refractivity contribution in [1.29, 1.82) is 0 Å². The minimum atomic E-state index is -2.06. The molecule has 0 amide bonds. The van der Waals surface area contributed by atoms with Gasteiger partial charge in [0.25, 0.3) is 5.56 Å². The average molecular weight is 297 g/mol. The van der Waals surface area contributed by atoms with Crippen molar-refractivity contribution in [1.82, 2.24) is 14.8 Å². The summed E-state index contributed by atoms with van der Waals surface area (Å²) < 4.78 is 6.09. The quantitative estimate of drug-likeness (QED) is 0.442. The fourth-order valence-electron chi connectivity index (χ4n) is 2.43. The predicted molar refractivity (Wildman–Crippen MR) is 69.1 cm³/mol. The maximum Gasteiger partial charge on any atom is 0.347 e. The first-order valence-corrected chi connectivity index (χ1v) is 6.17. The van der Waals surface area contributed by atoms with Gasteiger partial charge in [-0.3, -0.25) is 9.78 Å². The van der Waals surface area contributed by atoms with Crippen LogP contribution in [0.1, 0.15) is 13.2 Å². The number of nitrogens with one attached hydrogen (secondary N) is 1. The van der Waals surface area contributed by atoms with Crippen LogP contribution in [0, 0.1) is 18.3 Å². The van der Waals surface area contributed by atoms with Gasteiger partial charge >= 0.3 is 5.69 Å². The lowest BCUT2D eigenvalue weighted by atomic mass is 9.84. The molecule has 2 rings (SSSR count). The maximum atomic E-state index is 11.8. The van der Waals surface area contributed by atoms with Crippen LogP contribution in [0.4, 0.5) is 0 Å². The van der Waals surface area contributed by atoms with Crippen molar-refractivity contribution in [2.75, 3.05) is 6.61 Å². The van der Waals surface area contributed by atoms with E-state index in [1.165, 1.54) is 6.92 Å². The molecule has 114 valence electrons. The molecule has 1 aromatic rings. The van der Waals surface area contributed by atoms with Crippen molar-refractivity contribution in [2.24, 2.45) is 5.92 Å². The molecule has 1 aliphatic heterocycles. The molecule has 4 N–H and O–H groups in total. The van der Waals surface area contributed by atoms with E-state index in [1.54, 1.807) is 0 Å². The molecule has 1 aliphatic rings. The van der Waals surface area contributed by atoms with E-state index in [9.17, 15) is 24.9 Å². The Hall–Kier alpha value is -1.99. The number of aromatic amines is 1. The molecule has 21 heavy (non-hydrogen) atoms. The summed E-state index contributed by atoms with van der Waals surface area (Å²) >= 11 is 0. The first-order valence-electron chi connectivity index (χ1n) is 6.17. The highest BCUT2D eigenvalue weighted by molar-refractivity contribution is 5.18. The van der Waals surface area contributed by atoms with Gasteiger partial charge in [0.05, 0.1) is 24.7 Å². The second kappa shape index (κ2) is 5.42. The van der Waals surface area contributed by atoms with Gasteiger partial charge in [-0.25, -0.2) is 4.79 Å². The third-order valence-electron chi connectivity index (χ3n) is 3.49. The van der Waals surface area contributed by atoms with E-state index < -0.39 is 47.8 Å². The highest BCUT2D eigenvalue weighted by atomic mass is 16.6. The zero-order valence-corrected chi connectivity index (χ0v) is 11.1. The summed E-state index contributed by atoms with van der Waals surface area (Å²) in [4.78, 5) is 24.7. The lowest BCUT2D eigenvalue weighted by Gasteiger charge is -2.27.